The fourth-order valence-corrected chi connectivity index (χ4v) is 4.82. The number of ether oxygens (including phenoxy) is 2. The zero-order valence-corrected chi connectivity index (χ0v) is 20.2. The Labute approximate surface area is 210 Å². The Bertz CT molecular complexity index is 1240. The van der Waals surface area contributed by atoms with Crippen LogP contribution in [0.2, 0.25) is 0 Å². The fourth-order valence-electron chi connectivity index (χ4n) is 4.82. The first-order chi connectivity index (χ1) is 17.5. The third-order valence-corrected chi connectivity index (χ3v) is 6.71. The van der Waals surface area contributed by atoms with Gasteiger partial charge in [-0.1, -0.05) is 42.7 Å². The highest BCUT2D eigenvalue weighted by Gasteiger charge is 2.35. The third-order valence-electron chi connectivity index (χ3n) is 6.71. The van der Waals surface area contributed by atoms with Crippen LogP contribution in [0, 0.1) is 12.7 Å². The number of rotatable bonds is 6. The van der Waals surface area contributed by atoms with Crippen LogP contribution in [0.5, 0.6) is 11.5 Å². The van der Waals surface area contributed by atoms with E-state index in [-0.39, 0.29) is 17.9 Å². The van der Waals surface area contributed by atoms with E-state index < -0.39 is 11.9 Å². The molecule has 186 valence electrons. The number of carbonyl (C=O) groups excluding carboxylic acids is 2. The molecule has 1 saturated carbocycles. The van der Waals surface area contributed by atoms with Gasteiger partial charge in [0, 0.05) is 17.3 Å². The Morgan fingerprint density at radius 3 is 2.28 bits per heavy atom. The molecule has 1 fully saturated rings. The second-order valence-corrected chi connectivity index (χ2v) is 9.31. The van der Waals surface area contributed by atoms with Crippen molar-refractivity contribution in [1.29, 1.82) is 0 Å². The van der Waals surface area contributed by atoms with Crippen LogP contribution >= 0.6 is 0 Å². The normalized spacial score (nSPS) is 15.8. The Morgan fingerprint density at radius 1 is 0.917 bits per heavy atom. The van der Waals surface area contributed by atoms with Crippen LogP contribution in [-0.2, 0) is 4.79 Å². The van der Waals surface area contributed by atoms with Crippen molar-refractivity contribution < 1.29 is 23.5 Å². The van der Waals surface area contributed by atoms with Crippen LogP contribution in [0.3, 0.4) is 0 Å². The Kier molecular flexibility index (Phi) is 6.89. The fraction of sp³-hybridized carbons (Fsp3) is 0.310. The number of fused-ring (bicyclic) bond motifs is 1. The van der Waals surface area contributed by atoms with E-state index >= 15 is 0 Å². The molecule has 3 aromatic rings. The molecular weight excluding hydrogens is 459 g/mol. The lowest BCUT2D eigenvalue weighted by Gasteiger charge is -2.33. The van der Waals surface area contributed by atoms with Crippen molar-refractivity contribution in [3.63, 3.8) is 0 Å². The third kappa shape index (κ3) is 5.05. The van der Waals surface area contributed by atoms with E-state index in [1.54, 1.807) is 30.3 Å². The van der Waals surface area contributed by atoms with E-state index in [0.29, 0.717) is 41.5 Å². The monoisotopic (exact) mass is 488 g/mol. The number of hydrogen-bond donors (Lipinski definition) is 1. The maximum atomic E-state index is 14.1. The molecule has 1 aliphatic carbocycles. The van der Waals surface area contributed by atoms with Crippen molar-refractivity contribution in [3.05, 3.63) is 89.2 Å². The number of nitrogens with zero attached hydrogens (tertiary/aromatic N) is 1. The molecule has 2 amide bonds. The summed E-state index contributed by atoms with van der Waals surface area (Å²) in [7, 11) is 0. The van der Waals surface area contributed by atoms with E-state index in [2.05, 4.69) is 5.32 Å². The molecule has 5 rings (SSSR count). The second kappa shape index (κ2) is 10.4. The summed E-state index contributed by atoms with van der Waals surface area (Å²) in [5.41, 5.74) is 2.48. The zero-order chi connectivity index (χ0) is 25.1. The predicted molar refractivity (Wildman–Crippen MR) is 135 cm³/mol. The van der Waals surface area contributed by atoms with Crippen LogP contribution in [-0.4, -0.2) is 31.1 Å². The second-order valence-electron chi connectivity index (χ2n) is 9.31. The van der Waals surface area contributed by atoms with Gasteiger partial charge in [0.15, 0.2) is 11.5 Å². The number of amides is 2. The lowest BCUT2D eigenvalue weighted by Crippen LogP contribution is -2.46. The van der Waals surface area contributed by atoms with E-state index in [9.17, 15) is 14.0 Å². The van der Waals surface area contributed by atoms with Crippen molar-refractivity contribution in [2.45, 2.75) is 44.7 Å². The molecule has 1 atom stereocenters. The van der Waals surface area contributed by atoms with Crippen molar-refractivity contribution in [2.24, 2.45) is 0 Å². The summed E-state index contributed by atoms with van der Waals surface area (Å²) >= 11 is 0. The number of carbonyl (C=O) groups is 2. The van der Waals surface area contributed by atoms with E-state index in [1.165, 1.54) is 17.0 Å². The minimum atomic E-state index is -0.991. The number of aryl methyl sites for hydroxylation is 1. The minimum Gasteiger partial charge on any atom is -0.486 e. The first-order valence-electron chi connectivity index (χ1n) is 12.4. The summed E-state index contributed by atoms with van der Waals surface area (Å²) in [5, 5.41) is 3.14. The molecule has 0 spiro atoms. The first-order valence-corrected chi connectivity index (χ1v) is 12.4. The molecule has 0 saturated heterocycles. The average molecular weight is 489 g/mol. The smallest absolute Gasteiger partial charge is 0.259 e. The zero-order valence-electron chi connectivity index (χ0n) is 20.2. The number of nitrogens with one attached hydrogen (secondary N) is 1. The van der Waals surface area contributed by atoms with Crippen LogP contribution in [0.25, 0.3) is 0 Å². The van der Waals surface area contributed by atoms with Crippen LogP contribution in [0.1, 0.15) is 53.2 Å². The van der Waals surface area contributed by atoms with Crippen LogP contribution in [0.15, 0.2) is 66.7 Å². The van der Waals surface area contributed by atoms with Gasteiger partial charge in [-0.2, -0.15) is 0 Å². The number of benzene rings is 3. The van der Waals surface area contributed by atoms with E-state index in [4.69, 9.17) is 9.47 Å². The van der Waals surface area contributed by atoms with E-state index in [0.717, 1.165) is 31.2 Å². The van der Waals surface area contributed by atoms with Crippen LogP contribution in [0.4, 0.5) is 10.1 Å². The molecule has 0 aromatic heterocycles. The van der Waals surface area contributed by atoms with Gasteiger partial charge >= 0.3 is 0 Å². The number of hydrogen-bond acceptors (Lipinski definition) is 4. The van der Waals surface area contributed by atoms with Gasteiger partial charge in [-0.05, 0) is 67.8 Å². The topological polar surface area (TPSA) is 67.9 Å². The maximum Gasteiger partial charge on any atom is 0.259 e. The molecule has 0 radical (unpaired) electrons. The average Bonchev–Trinajstić information content (AvgIpc) is 3.41. The summed E-state index contributed by atoms with van der Waals surface area (Å²) in [4.78, 5) is 29.4. The van der Waals surface area contributed by atoms with Gasteiger partial charge in [0.1, 0.15) is 25.1 Å². The summed E-state index contributed by atoms with van der Waals surface area (Å²) < 4.78 is 25.1. The molecule has 3 aromatic carbocycles. The van der Waals surface area contributed by atoms with Gasteiger partial charge in [0.05, 0.1) is 0 Å². The van der Waals surface area contributed by atoms with Crippen molar-refractivity contribution in [2.75, 3.05) is 18.1 Å². The minimum absolute atomic E-state index is 0.0599. The molecule has 0 unspecified atom stereocenters. The summed E-state index contributed by atoms with van der Waals surface area (Å²) in [6.07, 6.45) is 3.93. The SMILES string of the molecule is Cc1ccc(N(C(=O)c2ccc3c(c2)OCCO3)[C@@H](C(=O)NC2CCCC2)c2ccc(F)cc2)cc1. The van der Waals surface area contributed by atoms with Gasteiger partial charge < -0.3 is 14.8 Å². The molecule has 1 N–H and O–H groups in total. The summed E-state index contributed by atoms with van der Waals surface area (Å²) in [6, 6.07) is 17.3. The van der Waals surface area contributed by atoms with Gasteiger partial charge in [-0.25, -0.2) is 4.39 Å². The molecule has 2 aliphatic rings. The highest BCUT2D eigenvalue weighted by atomic mass is 19.1. The number of halogens is 1. The van der Waals surface area contributed by atoms with Gasteiger partial charge in [-0.15, -0.1) is 0 Å². The quantitative estimate of drug-likeness (QED) is 0.508. The molecular formula is C29H29FN2O4. The predicted octanol–water partition coefficient (Wildman–Crippen LogP) is 5.35. The van der Waals surface area contributed by atoms with Crippen LogP contribution < -0.4 is 19.7 Å². The van der Waals surface area contributed by atoms with Gasteiger partial charge in [0.25, 0.3) is 5.91 Å². The molecule has 1 aliphatic heterocycles. The molecule has 36 heavy (non-hydrogen) atoms. The van der Waals surface area contributed by atoms with Crippen molar-refractivity contribution >= 4 is 17.5 Å². The summed E-state index contributed by atoms with van der Waals surface area (Å²) in [6.45, 7) is 2.80. The lowest BCUT2D eigenvalue weighted by atomic mass is 10.0. The lowest BCUT2D eigenvalue weighted by molar-refractivity contribution is -0.123. The molecule has 6 nitrogen and oxygen atoms in total. The molecule has 1 heterocycles. The Balaban J connectivity index is 1.59. The molecule has 7 heteroatoms. The molecule has 0 bridgehead atoms. The van der Waals surface area contributed by atoms with Crippen molar-refractivity contribution in [1.82, 2.24) is 5.32 Å². The van der Waals surface area contributed by atoms with Crippen molar-refractivity contribution in [3.8, 4) is 11.5 Å². The largest absolute Gasteiger partial charge is 0.486 e. The highest BCUT2D eigenvalue weighted by molar-refractivity contribution is 6.10. The maximum absolute atomic E-state index is 14.1. The Morgan fingerprint density at radius 2 is 1.58 bits per heavy atom. The standard InChI is InChI=1S/C29H29FN2O4/c1-19-6-13-24(14-7-19)32(29(34)21-10-15-25-26(18-21)36-17-16-35-25)27(20-8-11-22(30)12-9-20)28(33)31-23-4-2-3-5-23/h6-15,18,23,27H,2-5,16-17H2,1H3,(H,31,33)/t27-/m1/s1. The Hall–Kier alpha value is -3.87. The number of anilines is 1. The van der Waals surface area contributed by atoms with Gasteiger partial charge in [0.2, 0.25) is 5.91 Å². The van der Waals surface area contributed by atoms with Gasteiger partial charge in [-0.3, -0.25) is 14.5 Å². The highest BCUT2D eigenvalue weighted by Crippen LogP contribution is 2.35. The van der Waals surface area contributed by atoms with E-state index in [1.807, 2.05) is 31.2 Å². The summed E-state index contributed by atoms with van der Waals surface area (Å²) in [5.74, 6) is -0.00103. The first kappa shape index (κ1) is 23.9.